The quantitative estimate of drug-likeness (QED) is 0.681. The fourth-order valence-electron chi connectivity index (χ4n) is 2.24. The highest BCUT2D eigenvalue weighted by Gasteiger charge is 2.06. The molecule has 0 aliphatic carbocycles. The van der Waals surface area contributed by atoms with E-state index < -0.39 is 5.97 Å². The zero-order valence-corrected chi connectivity index (χ0v) is 13.9. The van der Waals surface area contributed by atoms with Gasteiger partial charge in [-0.15, -0.1) is 0 Å². The molecule has 0 saturated carbocycles. The van der Waals surface area contributed by atoms with E-state index in [1.54, 1.807) is 54.7 Å². The van der Waals surface area contributed by atoms with E-state index >= 15 is 0 Å². The molecule has 2 aromatic carbocycles. The molecule has 1 aromatic heterocycles. The monoisotopic (exact) mass is 345 g/mol. The van der Waals surface area contributed by atoms with Crippen LogP contribution >= 0.6 is 0 Å². The Hall–Kier alpha value is -3.92. The molecule has 0 atom stereocenters. The third kappa shape index (κ3) is 4.13. The van der Waals surface area contributed by atoms with E-state index in [-0.39, 0.29) is 0 Å². The molecular formula is C19H15N5O2. The minimum absolute atomic E-state index is 0.403. The van der Waals surface area contributed by atoms with Gasteiger partial charge >= 0.3 is 5.97 Å². The zero-order valence-electron chi connectivity index (χ0n) is 13.9. The van der Waals surface area contributed by atoms with Gasteiger partial charge in [0.2, 0.25) is 5.95 Å². The van der Waals surface area contributed by atoms with Gasteiger partial charge in [-0.1, -0.05) is 6.07 Å². The lowest BCUT2D eigenvalue weighted by Gasteiger charge is -2.09. The Labute approximate surface area is 150 Å². The number of rotatable bonds is 5. The van der Waals surface area contributed by atoms with Crippen molar-refractivity contribution < 1.29 is 9.53 Å². The van der Waals surface area contributed by atoms with E-state index in [9.17, 15) is 4.79 Å². The first kappa shape index (κ1) is 16.9. The maximum absolute atomic E-state index is 11.6. The summed E-state index contributed by atoms with van der Waals surface area (Å²) in [6, 6.07) is 17.7. The molecular weight excluding hydrogens is 330 g/mol. The van der Waals surface area contributed by atoms with Crippen molar-refractivity contribution in [3.8, 4) is 6.07 Å². The van der Waals surface area contributed by atoms with Crippen LogP contribution in [0.1, 0.15) is 15.9 Å². The van der Waals surface area contributed by atoms with Gasteiger partial charge in [-0.25, -0.2) is 9.78 Å². The second-order valence-corrected chi connectivity index (χ2v) is 5.28. The predicted molar refractivity (Wildman–Crippen MR) is 97.5 cm³/mol. The van der Waals surface area contributed by atoms with E-state index in [2.05, 4.69) is 26.7 Å². The molecule has 3 aromatic rings. The number of esters is 1. The Morgan fingerprint density at radius 2 is 1.88 bits per heavy atom. The number of hydrogen-bond donors (Lipinski definition) is 2. The number of nitrogens with one attached hydrogen (secondary N) is 2. The number of anilines is 4. The summed E-state index contributed by atoms with van der Waals surface area (Å²) >= 11 is 0. The van der Waals surface area contributed by atoms with Crippen LogP contribution in [0.25, 0.3) is 0 Å². The second kappa shape index (κ2) is 7.77. The Bertz CT molecular complexity index is 964. The lowest BCUT2D eigenvalue weighted by Crippen LogP contribution is -2.03. The standard InChI is InChI=1S/C19H15N5O2/c1-26-18(25)14-3-2-4-16(11-14)22-17-9-10-21-19(24-17)23-15-7-5-13(12-20)6-8-15/h2-11H,1H3,(H2,21,22,23,24). The van der Waals surface area contributed by atoms with Crippen LogP contribution in [0.5, 0.6) is 0 Å². The second-order valence-electron chi connectivity index (χ2n) is 5.28. The molecule has 0 amide bonds. The molecule has 7 heteroatoms. The number of carbonyl (C=O) groups is 1. The van der Waals surface area contributed by atoms with Gasteiger partial charge in [0.15, 0.2) is 0 Å². The zero-order chi connectivity index (χ0) is 18.4. The van der Waals surface area contributed by atoms with Gasteiger partial charge in [0.1, 0.15) is 5.82 Å². The molecule has 0 unspecified atom stereocenters. The van der Waals surface area contributed by atoms with Crippen molar-refractivity contribution in [2.75, 3.05) is 17.7 Å². The molecule has 0 saturated heterocycles. The largest absolute Gasteiger partial charge is 0.465 e. The Kier molecular flexibility index (Phi) is 5.05. The van der Waals surface area contributed by atoms with Crippen LogP contribution in [-0.4, -0.2) is 23.0 Å². The first-order valence-corrected chi connectivity index (χ1v) is 7.73. The third-order valence-electron chi connectivity index (χ3n) is 3.48. The average Bonchev–Trinajstić information content (AvgIpc) is 2.68. The third-order valence-corrected chi connectivity index (χ3v) is 3.48. The first-order chi connectivity index (χ1) is 12.7. The number of nitriles is 1. The summed E-state index contributed by atoms with van der Waals surface area (Å²) in [4.78, 5) is 20.2. The van der Waals surface area contributed by atoms with E-state index in [0.717, 1.165) is 5.69 Å². The van der Waals surface area contributed by atoms with Crippen LogP contribution in [0, 0.1) is 11.3 Å². The van der Waals surface area contributed by atoms with Gasteiger partial charge in [-0.3, -0.25) is 0 Å². The summed E-state index contributed by atoms with van der Waals surface area (Å²) in [5.74, 6) is 0.571. The van der Waals surface area contributed by atoms with Crippen molar-refractivity contribution in [1.82, 2.24) is 9.97 Å². The summed E-state index contributed by atoms with van der Waals surface area (Å²) in [6.45, 7) is 0. The average molecular weight is 345 g/mol. The normalized spacial score (nSPS) is 9.85. The fourth-order valence-corrected chi connectivity index (χ4v) is 2.24. The van der Waals surface area contributed by atoms with Gasteiger partial charge in [0, 0.05) is 17.6 Å². The number of hydrogen-bond acceptors (Lipinski definition) is 7. The van der Waals surface area contributed by atoms with Gasteiger partial charge in [0.25, 0.3) is 0 Å². The molecule has 0 radical (unpaired) electrons. The molecule has 0 aliphatic heterocycles. The lowest BCUT2D eigenvalue weighted by molar-refractivity contribution is 0.0601. The maximum atomic E-state index is 11.6. The van der Waals surface area contributed by atoms with Gasteiger partial charge < -0.3 is 15.4 Å². The van der Waals surface area contributed by atoms with Crippen molar-refractivity contribution >= 4 is 29.1 Å². The smallest absolute Gasteiger partial charge is 0.337 e. The minimum atomic E-state index is -0.403. The summed E-state index contributed by atoms with van der Waals surface area (Å²) in [5.41, 5.74) is 2.50. The fraction of sp³-hybridized carbons (Fsp3) is 0.0526. The molecule has 0 aliphatic rings. The number of methoxy groups -OCH3 is 1. The summed E-state index contributed by atoms with van der Waals surface area (Å²) in [6.07, 6.45) is 1.62. The molecule has 7 nitrogen and oxygen atoms in total. The van der Waals surface area contributed by atoms with Gasteiger partial charge in [0.05, 0.1) is 24.3 Å². The SMILES string of the molecule is COC(=O)c1cccc(Nc2ccnc(Nc3ccc(C#N)cc3)n2)c1. The van der Waals surface area contributed by atoms with Crippen LogP contribution < -0.4 is 10.6 Å². The number of carbonyl (C=O) groups excluding carboxylic acids is 1. The van der Waals surface area contributed by atoms with E-state index in [1.807, 2.05) is 6.07 Å². The van der Waals surface area contributed by atoms with Crippen molar-refractivity contribution in [3.63, 3.8) is 0 Å². The highest BCUT2D eigenvalue weighted by Crippen LogP contribution is 2.19. The van der Waals surface area contributed by atoms with Gasteiger partial charge in [-0.2, -0.15) is 10.2 Å². The number of nitrogens with zero attached hydrogens (tertiary/aromatic N) is 3. The predicted octanol–water partition coefficient (Wildman–Crippen LogP) is 3.62. The van der Waals surface area contributed by atoms with E-state index in [1.165, 1.54) is 7.11 Å². The minimum Gasteiger partial charge on any atom is -0.465 e. The van der Waals surface area contributed by atoms with Crippen LogP contribution in [0.3, 0.4) is 0 Å². The molecule has 26 heavy (non-hydrogen) atoms. The summed E-state index contributed by atoms with van der Waals surface area (Å²) in [7, 11) is 1.34. The molecule has 2 N–H and O–H groups in total. The Morgan fingerprint density at radius 1 is 1.08 bits per heavy atom. The highest BCUT2D eigenvalue weighted by atomic mass is 16.5. The lowest BCUT2D eigenvalue weighted by atomic mass is 10.2. The van der Waals surface area contributed by atoms with E-state index in [0.29, 0.717) is 28.6 Å². The summed E-state index contributed by atoms with van der Waals surface area (Å²) in [5, 5.41) is 15.0. The molecule has 0 spiro atoms. The van der Waals surface area contributed by atoms with Crippen molar-refractivity contribution in [2.24, 2.45) is 0 Å². The number of ether oxygens (including phenoxy) is 1. The number of aromatic nitrogens is 2. The molecule has 0 bridgehead atoms. The van der Waals surface area contributed by atoms with Gasteiger partial charge in [-0.05, 0) is 48.5 Å². The Balaban J connectivity index is 1.75. The van der Waals surface area contributed by atoms with Crippen molar-refractivity contribution in [2.45, 2.75) is 0 Å². The highest BCUT2D eigenvalue weighted by molar-refractivity contribution is 5.90. The summed E-state index contributed by atoms with van der Waals surface area (Å²) < 4.78 is 4.72. The van der Waals surface area contributed by atoms with E-state index in [4.69, 9.17) is 10.00 Å². The topological polar surface area (TPSA) is 99.9 Å². The van der Waals surface area contributed by atoms with Crippen LogP contribution in [-0.2, 0) is 4.74 Å². The Morgan fingerprint density at radius 3 is 2.62 bits per heavy atom. The van der Waals surface area contributed by atoms with Crippen LogP contribution in [0.2, 0.25) is 0 Å². The molecule has 0 fully saturated rings. The molecule has 3 rings (SSSR count). The molecule has 1 heterocycles. The van der Waals surface area contributed by atoms with Crippen molar-refractivity contribution in [3.05, 3.63) is 71.9 Å². The van der Waals surface area contributed by atoms with Crippen LogP contribution in [0.15, 0.2) is 60.8 Å². The first-order valence-electron chi connectivity index (χ1n) is 7.73. The number of benzene rings is 2. The molecule has 128 valence electrons. The maximum Gasteiger partial charge on any atom is 0.337 e. The van der Waals surface area contributed by atoms with Crippen molar-refractivity contribution in [1.29, 1.82) is 5.26 Å². The van der Waals surface area contributed by atoms with Crippen LogP contribution in [0.4, 0.5) is 23.1 Å².